The van der Waals surface area contributed by atoms with E-state index in [1.165, 1.54) is 0 Å². The van der Waals surface area contributed by atoms with Crippen LogP contribution in [0.1, 0.15) is 45.4 Å². The molecule has 0 saturated heterocycles. The first-order valence-electron chi connectivity index (χ1n) is 9.56. The maximum atomic E-state index is 12.7. The zero-order valence-corrected chi connectivity index (χ0v) is 19.9. The Kier molecular flexibility index (Phi) is 14.5. The Labute approximate surface area is 190 Å². The Morgan fingerprint density at radius 3 is 2.61 bits per heavy atom. The number of β-amino-alcohol motifs (C(OH)–C–C–N with tert-alkyl or cyclic N) is 2. The van der Waals surface area contributed by atoms with E-state index in [4.69, 9.17) is 0 Å². The Morgan fingerprint density at radius 1 is 1.32 bits per heavy atom. The van der Waals surface area contributed by atoms with Crippen LogP contribution >= 0.6 is 0 Å². The van der Waals surface area contributed by atoms with Crippen molar-refractivity contribution in [3.8, 4) is 0 Å². The number of ketones is 1. The van der Waals surface area contributed by atoms with E-state index in [2.05, 4.69) is 19.1 Å². The number of hydrogen-bond donors (Lipinski definition) is 2. The predicted molar refractivity (Wildman–Crippen MR) is 102 cm³/mol. The van der Waals surface area contributed by atoms with Gasteiger partial charge in [-0.1, -0.05) is 25.5 Å². The molecule has 1 unspecified atom stereocenters. The summed E-state index contributed by atoms with van der Waals surface area (Å²) in [6.45, 7) is 3.17. The summed E-state index contributed by atoms with van der Waals surface area (Å²) < 4.78 is 34.0. The molecule has 0 aromatic carbocycles. The second-order valence-electron chi connectivity index (χ2n) is 6.79. The third-order valence-electron chi connectivity index (χ3n) is 4.33. The van der Waals surface area contributed by atoms with E-state index in [0.29, 0.717) is 31.9 Å². The molecule has 1 heterocycles. The molecule has 10 heteroatoms. The fourth-order valence-corrected chi connectivity index (χ4v) is 3.70. The monoisotopic (exact) mass is 427 g/mol. The van der Waals surface area contributed by atoms with Gasteiger partial charge in [0, 0.05) is 6.42 Å². The summed E-state index contributed by atoms with van der Waals surface area (Å²) >= 11 is 0. The molecule has 0 radical (unpaired) electrons. The van der Waals surface area contributed by atoms with Gasteiger partial charge in [0.05, 0.1) is 22.5 Å². The normalized spacial score (nSPS) is 15.9. The number of rotatable bonds is 14. The first kappa shape index (κ1) is 27.7. The van der Waals surface area contributed by atoms with E-state index >= 15 is 0 Å². The van der Waals surface area contributed by atoms with Crippen LogP contribution in [0, 0.1) is 0 Å². The summed E-state index contributed by atoms with van der Waals surface area (Å²) in [6.07, 6.45) is 8.00. The number of Topliss-reactive ketones (excluding diaryl/α,β-unsaturated/α-hetero) is 1. The molecule has 0 aromatic rings. The molecular formula is C18H32N2NaO6S+. The number of unbranched alkanes of at least 4 members (excludes halogenated alkanes) is 3. The summed E-state index contributed by atoms with van der Waals surface area (Å²) in [5.74, 6) is -0.571. The maximum absolute atomic E-state index is 12.7. The SMILES string of the molecule is CCC/C=C/CCCCC(=O)C1=[N+](CC(O)CS(=O)(=O)[O-])CCN1CCO.[Na+]. The topological polar surface area (TPSA) is 121 Å². The molecule has 0 aromatic heterocycles. The summed E-state index contributed by atoms with van der Waals surface area (Å²) in [4.78, 5) is 14.4. The van der Waals surface area contributed by atoms with Crippen molar-refractivity contribution in [2.75, 3.05) is 38.5 Å². The summed E-state index contributed by atoms with van der Waals surface area (Å²) in [7, 11) is -4.53. The van der Waals surface area contributed by atoms with E-state index in [-0.39, 0.29) is 48.5 Å². The van der Waals surface area contributed by atoms with Crippen LogP contribution in [0.15, 0.2) is 12.2 Å². The molecule has 2 N–H and O–H groups in total. The van der Waals surface area contributed by atoms with Gasteiger partial charge >= 0.3 is 35.4 Å². The molecule has 28 heavy (non-hydrogen) atoms. The summed E-state index contributed by atoms with van der Waals surface area (Å²) in [6, 6.07) is 0. The van der Waals surface area contributed by atoms with Crippen molar-refractivity contribution >= 4 is 21.7 Å². The largest absolute Gasteiger partial charge is 1.00 e. The number of allylic oxidation sites excluding steroid dienone is 2. The van der Waals surface area contributed by atoms with Crippen LogP contribution in [0.2, 0.25) is 0 Å². The van der Waals surface area contributed by atoms with E-state index in [0.717, 1.165) is 32.1 Å². The van der Waals surface area contributed by atoms with Gasteiger partial charge in [-0.2, -0.15) is 0 Å². The molecule has 1 rings (SSSR count). The number of carbonyl (C=O) groups is 1. The number of carbonyl (C=O) groups excluding carboxylic acids is 1. The fourth-order valence-electron chi connectivity index (χ4n) is 3.13. The fraction of sp³-hybridized carbons (Fsp3) is 0.778. The number of amidine groups is 1. The molecule has 1 aliphatic rings. The minimum atomic E-state index is -4.53. The van der Waals surface area contributed by atoms with Crippen molar-refractivity contribution in [3.63, 3.8) is 0 Å². The molecule has 0 amide bonds. The molecule has 0 bridgehead atoms. The van der Waals surface area contributed by atoms with Gasteiger partial charge in [-0.25, -0.2) is 8.42 Å². The second kappa shape index (κ2) is 14.7. The minimum Gasteiger partial charge on any atom is -0.748 e. The molecule has 0 fully saturated rings. The number of aliphatic hydroxyl groups excluding tert-OH is 2. The molecular weight excluding hydrogens is 395 g/mol. The zero-order chi connectivity index (χ0) is 20.3. The van der Waals surface area contributed by atoms with Crippen LogP contribution in [0.4, 0.5) is 0 Å². The Balaban J connectivity index is 0.00000729. The van der Waals surface area contributed by atoms with Crippen LogP contribution in [-0.4, -0.2) is 88.9 Å². The van der Waals surface area contributed by atoms with E-state index in [1.807, 2.05) is 0 Å². The van der Waals surface area contributed by atoms with Gasteiger partial charge in [-0.3, -0.25) is 14.3 Å². The van der Waals surface area contributed by atoms with Crippen LogP contribution in [0.3, 0.4) is 0 Å². The van der Waals surface area contributed by atoms with Gasteiger partial charge in [0.1, 0.15) is 32.3 Å². The van der Waals surface area contributed by atoms with Crippen LogP contribution < -0.4 is 29.6 Å². The third kappa shape index (κ3) is 11.0. The Hall–Kier alpha value is -0.290. The van der Waals surface area contributed by atoms with Crippen molar-refractivity contribution in [1.82, 2.24) is 4.90 Å². The van der Waals surface area contributed by atoms with Gasteiger partial charge in [0.15, 0.2) is 0 Å². The van der Waals surface area contributed by atoms with Gasteiger partial charge in [0.25, 0.3) is 0 Å². The van der Waals surface area contributed by atoms with E-state index < -0.39 is 22.0 Å². The maximum Gasteiger partial charge on any atom is 1.00 e. The van der Waals surface area contributed by atoms with Crippen LogP contribution in [0.5, 0.6) is 0 Å². The van der Waals surface area contributed by atoms with Crippen LogP contribution in [0.25, 0.3) is 0 Å². The Morgan fingerprint density at radius 2 is 2.00 bits per heavy atom. The number of nitrogens with zero attached hydrogens (tertiary/aromatic N) is 2. The molecule has 0 aliphatic carbocycles. The van der Waals surface area contributed by atoms with Crippen molar-refractivity contribution in [3.05, 3.63) is 12.2 Å². The van der Waals surface area contributed by atoms with Gasteiger partial charge in [-0.15, -0.1) is 0 Å². The zero-order valence-electron chi connectivity index (χ0n) is 17.0. The van der Waals surface area contributed by atoms with Crippen LogP contribution in [-0.2, 0) is 14.9 Å². The molecule has 1 atom stereocenters. The quantitative estimate of drug-likeness (QED) is 0.100. The van der Waals surface area contributed by atoms with Gasteiger partial charge in [0.2, 0.25) is 5.78 Å². The smallest absolute Gasteiger partial charge is 0.748 e. The first-order valence-corrected chi connectivity index (χ1v) is 11.1. The Bertz CT molecular complexity index is 636. The van der Waals surface area contributed by atoms with Gasteiger partial charge in [-0.05, 0) is 25.7 Å². The van der Waals surface area contributed by atoms with Crippen molar-refractivity contribution in [1.29, 1.82) is 0 Å². The third-order valence-corrected chi connectivity index (χ3v) is 5.13. The predicted octanol–water partition coefficient (Wildman–Crippen LogP) is -2.90. The average molecular weight is 428 g/mol. The van der Waals surface area contributed by atoms with Gasteiger partial charge < -0.3 is 14.8 Å². The molecule has 8 nitrogen and oxygen atoms in total. The van der Waals surface area contributed by atoms with Crippen molar-refractivity contribution in [2.45, 2.75) is 51.6 Å². The van der Waals surface area contributed by atoms with E-state index in [9.17, 15) is 28.0 Å². The van der Waals surface area contributed by atoms with Crippen molar-refractivity contribution in [2.24, 2.45) is 0 Å². The molecule has 0 spiro atoms. The number of hydrogen-bond acceptors (Lipinski definition) is 7. The molecule has 0 saturated carbocycles. The summed E-state index contributed by atoms with van der Waals surface area (Å²) in [5, 5.41) is 19.1. The first-order chi connectivity index (χ1) is 12.8. The van der Waals surface area contributed by atoms with Crippen molar-refractivity contribution < 1.29 is 62.1 Å². The number of aliphatic hydroxyl groups is 2. The summed E-state index contributed by atoms with van der Waals surface area (Å²) in [5.41, 5.74) is 0. The average Bonchev–Trinajstić information content (AvgIpc) is 2.94. The second-order valence-corrected chi connectivity index (χ2v) is 8.24. The molecule has 156 valence electrons. The minimum absolute atomic E-state index is 0. The van der Waals surface area contributed by atoms with E-state index in [1.54, 1.807) is 9.48 Å². The molecule has 1 aliphatic heterocycles. The standard InChI is InChI=1S/C18H32N2O6S.Na/c1-2-3-4-5-6-7-8-9-17(23)18-19(12-13-21)10-11-20(18)14-16(22)15-27(24,25)26;/h4-5,16,21-22H,2-3,6-15H2,1H3;/q;+1/b5-4+;.